The van der Waals surface area contributed by atoms with Gasteiger partial charge in [-0.3, -0.25) is 4.79 Å². The maximum atomic E-state index is 13.4. The molecule has 0 aromatic heterocycles. The molecule has 1 aromatic rings. The highest BCUT2D eigenvalue weighted by molar-refractivity contribution is 5.77. The van der Waals surface area contributed by atoms with Crippen molar-refractivity contribution in [3.8, 4) is 0 Å². The normalized spacial score (nSPS) is 12.5. The highest BCUT2D eigenvalue weighted by atomic mass is 19.1. The average molecular weight is 239 g/mol. The van der Waals surface area contributed by atoms with Gasteiger partial charge in [0, 0.05) is 5.56 Å². The molecule has 0 radical (unpaired) electrons. The number of nitrogens with one attached hydrogen (secondary N) is 1. The zero-order valence-corrected chi connectivity index (χ0v) is 10.4. The third-order valence-corrected chi connectivity index (χ3v) is 2.30. The SMILES string of the molecule is CC(C)OCC(=O)N[C@H](C)c1ccccc1F. The molecule has 0 aliphatic heterocycles. The number of carbonyl (C=O) groups is 1. The zero-order chi connectivity index (χ0) is 12.8. The zero-order valence-electron chi connectivity index (χ0n) is 10.4. The van der Waals surface area contributed by atoms with E-state index in [1.54, 1.807) is 25.1 Å². The van der Waals surface area contributed by atoms with E-state index in [0.29, 0.717) is 5.56 Å². The Kier molecular flexibility index (Phi) is 5.10. The summed E-state index contributed by atoms with van der Waals surface area (Å²) in [6.45, 7) is 5.45. The van der Waals surface area contributed by atoms with Crippen molar-refractivity contribution in [3.05, 3.63) is 35.6 Å². The van der Waals surface area contributed by atoms with Gasteiger partial charge in [0.1, 0.15) is 12.4 Å². The molecule has 0 saturated carbocycles. The molecule has 94 valence electrons. The molecule has 0 unspecified atom stereocenters. The number of carbonyl (C=O) groups excluding carboxylic acids is 1. The molecule has 4 heteroatoms. The van der Waals surface area contributed by atoms with Crippen molar-refractivity contribution in [2.75, 3.05) is 6.61 Å². The monoisotopic (exact) mass is 239 g/mol. The molecule has 1 aromatic carbocycles. The Balaban J connectivity index is 2.52. The number of hydrogen-bond acceptors (Lipinski definition) is 2. The van der Waals surface area contributed by atoms with Crippen LogP contribution in [0.2, 0.25) is 0 Å². The number of rotatable bonds is 5. The summed E-state index contributed by atoms with van der Waals surface area (Å²) in [5, 5.41) is 2.69. The highest BCUT2D eigenvalue weighted by Crippen LogP contribution is 2.15. The van der Waals surface area contributed by atoms with Gasteiger partial charge >= 0.3 is 0 Å². The Labute approximate surface area is 101 Å². The van der Waals surface area contributed by atoms with Gasteiger partial charge in [-0.1, -0.05) is 18.2 Å². The van der Waals surface area contributed by atoms with Crippen LogP contribution in [0.25, 0.3) is 0 Å². The lowest BCUT2D eigenvalue weighted by Crippen LogP contribution is -2.31. The van der Waals surface area contributed by atoms with Gasteiger partial charge in [0.2, 0.25) is 5.91 Å². The van der Waals surface area contributed by atoms with Crippen LogP contribution in [0, 0.1) is 5.82 Å². The van der Waals surface area contributed by atoms with Crippen LogP contribution < -0.4 is 5.32 Å². The molecule has 1 N–H and O–H groups in total. The highest BCUT2D eigenvalue weighted by Gasteiger charge is 2.13. The second-order valence-electron chi connectivity index (χ2n) is 4.17. The summed E-state index contributed by atoms with van der Waals surface area (Å²) in [5.74, 6) is -0.556. The summed E-state index contributed by atoms with van der Waals surface area (Å²) < 4.78 is 18.6. The molecule has 0 aliphatic carbocycles. The summed E-state index contributed by atoms with van der Waals surface area (Å²) in [4.78, 5) is 11.5. The van der Waals surface area contributed by atoms with Gasteiger partial charge < -0.3 is 10.1 Å². The van der Waals surface area contributed by atoms with Gasteiger partial charge in [0.15, 0.2) is 0 Å². The first-order valence-electron chi connectivity index (χ1n) is 5.66. The van der Waals surface area contributed by atoms with Crippen LogP contribution in [-0.2, 0) is 9.53 Å². The Morgan fingerprint density at radius 3 is 2.59 bits per heavy atom. The number of halogens is 1. The van der Waals surface area contributed by atoms with Gasteiger partial charge in [-0.25, -0.2) is 4.39 Å². The van der Waals surface area contributed by atoms with Gasteiger partial charge in [0.25, 0.3) is 0 Å². The van der Waals surface area contributed by atoms with Crippen molar-refractivity contribution in [1.82, 2.24) is 5.32 Å². The minimum atomic E-state index is -0.362. The van der Waals surface area contributed by atoms with E-state index in [1.807, 2.05) is 13.8 Å². The maximum Gasteiger partial charge on any atom is 0.246 e. The molecule has 0 aliphatic rings. The Morgan fingerprint density at radius 2 is 2.00 bits per heavy atom. The predicted octanol–water partition coefficient (Wildman–Crippen LogP) is 2.43. The third-order valence-electron chi connectivity index (χ3n) is 2.30. The molecule has 1 atom stereocenters. The molecule has 0 saturated heterocycles. The smallest absolute Gasteiger partial charge is 0.246 e. The standard InChI is InChI=1S/C13H18FNO2/c1-9(2)17-8-13(16)15-10(3)11-6-4-5-7-12(11)14/h4-7,9-10H,8H2,1-3H3,(H,15,16)/t10-/m1/s1. The first-order chi connectivity index (χ1) is 8.00. The van der Waals surface area contributed by atoms with E-state index >= 15 is 0 Å². The number of benzene rings is 1. The molecule has 1 amide bonds. The van der Waals surface area contributed by atoms with Gasteiger partial charge in [0.05, 0.1) is 12.1 Å². The molecular formula is C13H18FNO2. The van der Waals surface area contributed by atoms with Crippen LogP contribution in [0.4, 0.5) is 4.39 Å². The fourth-order valence-corrected chi connectivity index (χ4v) is 1.43. The van der Waals surface area contributed by atoms with Crippen LogP contribution in [0.3, 0.4) is 0 Å². The van der Waals surface area contributed by atoms with Gasteiger partial charge in [-0.15, -0.1) is 0 Å². The number of ether oxygens (including phenoxy) is 1. The lowest BCUT2D eigenvalue weighted by molar-refractivity contribution is -0.127. The van der Waals surface area contributed by atoms with E-state index in [4.69, 9.17) is 4.74 Å². The largest absolute Gasteiger partial charge is 0.369 e. The van der Waals surface area contributed by atoms with E-state index in [2.05, 4.69) is 5.32 Å². The summed E-state index contributed by atoms with van der Waals surface area (Å²) in [5.41, 5.74) is 0.477. The fourth-order valence-electron chi connectivity index (χ4n) is 1.43. The second-order valence-corrected chi connectivity index (χ2v) is 4.17. The van der Waals surface area contributed by atoms with E-state index in [9.17, 15) is 9.18 Å². The summed E-state index contributed by atoms with van der Waals surface area (Å²) in [7, 11) is 0. The summed E-state index contributed by atoms with van der Waals surface area (Å²) >= 11 is 0. The van der Waals surface area contributed by atoms with Crippen LogP contribution in [-0.4, -0.2) is 18.6 Å². The molecule has 0 heterocycles. The van der Waals surface area contributed by atoms with Crippen molar-refractivity contribution in [3.63, 3.8) is 0 Å². The minimum absolute atomic E-state index is 0.00351. The Bertz CT molecular complexity index is 379. The fraction of sp³-hybridized carbons (Fsp3) is 0.462. The predicted molar refractivity (Wildman–Crippen MR) is 64.0 cm³/mol. The minimum Gasteiger partial charge on any atom is -0.369 e. The lowest BCUT2D eigenvalue weighted by atomic mass is 10.1. The molecular weight excluding hydrogens is 221 g/mol. The van der Waals surface area contributed by atoms with E-state index in [1.165, 1.54) is 6.07 Å². The summed E-state index contributed by atoms with van der Waals surface area (Å²) in [6, 6.07) is 6.03. The third kappa shape index (κ3) is 4.53. The van der Waals surface area contributed by atoms with Gasteiger partial charge in [-0.05, 0) is 26.8 Å². The average Bonchev–Trinajstić information content (AvgIpc) is 2.26. The summed E-state index contributed by atoms with van der Waals surface area (Å²) in [6.07, 6.45) is 0.00418. The van der Waals surface area contributed by atoms with E-state index in [0.717, 1.165) is 0 Å². The first kappa shape index (κ1) is 13.6. The molecule has 3 nitrogen and oxygen atoms in total. The molecule has 17 heavy (non-hydrogen) atoms. The maximum absolute atomic E-state index is 13.4. The van der Waals surface area contributed by atoms with E-state index in [-0.39, 0.29) is 30.5 Å². The van der Waals surface area contributed by atoms with Crippen molar-refractivity contribution >= 4 is 5.91 Å². The topological polar surface area (TPSA) is 38.3 Å². The molecule has 0 spiro atoms. The lowest BCUT2D eigenvalue weighted by Gasteiger charge is -2.15. The Hall–Kier alpha value is -1.42. The Morgan fingerprint density at radius 1 is 1.35 bits per heavy atom. The quantitative estimate of drug-likeness (QED) is 0.857. The van der Waals surface area contributed by atoms with Crippen molar-refractivity contribution in [1.29, 1.82) is 0 Å². The van der Waals surface area contributed by atoms with Crippen molar-refractivity contribution in [2.45, 2.75) is 32.9 Å². The van der Waals surface area contributed by atoms with E-state index < -0.39 is 0 Å². The van der Waals surface area contributed by atoms with Crippen molar-refractivity contribution in [2.24, 2.45) is 0 Å². The van der Waals surface area contributed by atoms with Crippen LogP contribution in [0.5, 0.6) is 0 Å². The number of hydrogen-bond donors (Lipinski definition) is 1. The number of amides is 1. The van der Waals surface area contributed by atoms with Crippen molar-refractivity contribution < 1.29 is 13.9 Å². The van der Waals surface area contributed by atoms with Crippen LogP contribution in [0.15, 0.2) is 24.3 Å². The van der Waals surface area contributed by atoms with Crippen LogP contribution >= 0.6 is 0 Å². The molecule has 0 bridgehead atoms. The second kappa shape index (κ2) is 6.35. The van der Waals surface area contributed by atoms with Gasteiger partial charge in [-0.2, -0.15) is 0 Å². The molecule has 1 rings (SSSR count). The molecule has 0 fully saturated rings. The van der Waals surface area contributed by atoms with Crippen LogP contribution in [0.1, 0.15) is 32.4 Å². The first-order valence-corrected chi connectivity index (χ1v) is 5.66.